The van der Waals surface area contributed by atoms with Crippen molar-refractivity contribution >= 4 is 27.3 Å². The number of nitrogens with two attached hydrogens (primary N) is 1. The average molecular weight is 465 g/mol. The molecule has 0 spiro atoms. The number of aliphatic imine (C=N–C) groups is 1. The minimum atomic E-state index is -3.01. The van der Waals surface area contributed by atoms with Gasteiger partial charge in [0.1, 0.15) is 9.84 Å². The second-order valence-corrected chi connectivity index (χ2v) is 10.6. The highest BCUT2D eigenvalue weighted by molar-refractivity contribution is 7.91. The average Bonchev–Trinajstić information content (AvgIpc) is 3.15. The molecular weight excluding hydrogens is 440 g/mol. The molecule has 1 fully saturated rings. The molecule has 1 saturated heterocycles. The van der Waals surface area contributed by atoms with E-state index >= 15 is 0 Å². The summed E-state index contributed by atoms with van der Waals surface area (Å²) in [5, 5.41) is 15.6. The summed E-state index contributed by atoms with van der Waals surface area (Å²) >= 11 is 0. The number of allylic oxidation sites excluding steroid dienone is 1. The Morgan fingerprint density at radius 3 is 2.52 bits per heavy atom. The smallest absolute Gasteiger partial charge is 0.153 e. The van der Waals surface area contributed by atoms with Crippen LogP contribution in [0.4, 0.5) is 0 Å². The molecule has 3 aliphatic rings. The number of aromatic nitrogens is 1. The number of nitrogens with zero attached hydrogens (tertiary/aromatic N) is 5. The van der Waals surface area contributed by atoms with Crippen LogP contribution in [0.3, 0.4) is 0 Å². The van der Waals surface area contributed by atoms with Gasteiger partial charge in [0, 0.05) is 40.6 Å². The van der Waals surface area contributed by atoms with E-state index in [2.05, 4.69) is 10.1 Å². The van der Waals surface area contributed by atoms with Crippen molar-refractivity contribution in [2.45, 2.75) is 12.8 Å². The third kappa shape index (κ3) is 4.20. The number of rotatable bonds is 4. The van der Waals surface area contributed by atoms with Crippen molar-refractivity contribution in [1.82, 2.24) is 15.1 Å². The molecule has 0 amide bonds. The SMILES string of the molecule is NN1CC(c2ccc(-c3ccccc3)nc2)=C2N=C(C3CCS(=O)(=O)CC3)C(C=NO)=CN21. The molecule has 9 nitrogen and oxygen atoms in total. The van der Waals surface area contributed by atoms with E-state index in [-0.39, 0.29) is 17.4 Å². The molecule has 10 heteroatoms. The number of sulfone groups is 1. The largest absolute Gasteiger partial charge is 0.411 e. The maximum Gasteiger partial charge on any atom is 0.153 e. The number of hydrogen-bond acceptors (Lipinski definition) is 9. The van der Waals surface area contributed by atoms with Crippen molar-refractivity contribution in [2.24, 2.45) is 21.9 Å². The predicted octanol–water partition coefficient (Wildman–Crippen LogP) is 2.45. The van der Waals surface area contributed by atoms with Crippen molar-refractivity contribution in [1.29, 1.82) is 0 Å². The summed E-state index contributed by atoms with van der Waals surface area (Å²) in [6.45, 7) is 0.428. The summed E-state index contributed by atoms with van der Waals surface area (Å²) in [7, 11) is -3.01. The Balaban J connectivity index is 1.52. The molecule has 3 N–H and O–H groups in total. The quantitative estimate of drug-likeness (QED) is 0.308. The fraction of sp³-hybridized carbons (Fsp3) is 0.261. The van der Waals surface area contributed by atoms with Gasteiger partial charge in [-0.25, -0.2) is 24.3 Å². The van der Waals surface area contributed by atoms with Crippen molar-refractivity contribution in [2.75, 3.05) is 18.1 Å². The third-order valence-electron chi connectivity index (χ3n) is 6.19. The van der Waals surface area contributed by atoms with Crippen LogP contribution < -0.4 is 5.84 Å². The second kappa shape index (κ2) is 8.54. The molecule has 1 aromatic heterocycles. The Morgan fingerprint density at radius 1 is 1.09 bits per heavy atom. The van der Waals surface area contributed by atoms with Crippen LogP contribution in [-0.4, -0.2) is 58.7 Å². The molecule has 33 heavy (non-hydrogen) atoms. The first-order valence-corrected chi connectivity index (χ1v) is 12.5. The monoisotopic (exact) mass is 464 g/mol. The first-order chi connectivity index (χ1) is 15.9. The van der Waals surface area contributed by atoms with Gasteiger partial charge in [0.05, 0.1) is 35.7 Å². The van der Waals surface area contributed by atoms with Crippen molar-refractivity contribution in [3.63, 3.8) is 0 Å². The van der Waals surface area contributed by atoms with Crippen LogP contribution in [0.1, 0.15) is 18.4 Å². The molecule has 0 atom stereocenters. The topological polar surface area (TPSA) is 124 Å². The van der Waals surface area contributed by atoms with E-state index in [0.717, 1.165) is 28.1 Å². The van der Waals surface area contributed by atoms with E-state index in [9.17, 15) is 8.42 Å². The van der Waals surface area contributed by atoms with Gasteiger partial charge in [0.2, 0.25) is 0 Å². The molecule has 0 unspecified atom stereocenters. The second-order valence-electron chi connectivity index (χ2n) is 8.29. The number of fused-ring (bicyclic) bond motifs is 1. The highest BCUT2D eigenvalue weighted by Crippen LogP contribution is 2.36. The Kier molecular flexibility index (Phi) is 5.57. The molecule has 0 aliphatic carbocycles. The fourth-order valence-electron chi connectivity index (χ4n) is 4.42. The Labute approximate surface area is 192 Å². The number of hydrazine groups is 2. The zero-order valence-electron chi connectivity index (χ0n) is 17.9. The maximum absolute atomic E-state index is 11.9. The minimum Gasteiger partial charge on any atom is -0.411 e. The lowest BCUT2D eigenvalue weighted by Gasteiger charge is -2.31. The van der Waals surface area contributed by atoms with E-state index in [1.165, 1.54) is 11.3 Å². The van der Waals surface area contributed by atoms with E-state index in [4.69, 9.17) is 16.0 Å². The zero-order valence-corrected chi connectivity index (χ0v) is 18.7. The summed E-state index contributed by atoms with van der Waals surface area (Å²) in [6.07, 6.45) is 5.89. The zero-order chi connectivity index (χ0) is 23.0. The Hall–Kier alpha value is -3.34. The molecule has 3 aliphatic heterocycles. The normalized spacial score (nSPS) is 21.3. The molecule has 2 aromatic rings. The molecule has 0 saturated carbocycles. The van der Waals surface area contributed by atoms with Gasteiger partial charge < -0.3 is 5.21 Å². The summed E-state index contributed by atoms with van der Waals surface area (Å²) in [4.78, 5) is 9.54. The number of pyridine rings is 1. The summed E-state index contributed by atoms with van der Waals surface area (Å²) in [6, 6.07) is 13.9. The molecule has 4 heterocycles. The fourth-order valence-corrected chi connectivity index (χ4v) is 5.92. The van der Waals surface area contributed by atoms with Gasteiger partial charge in [0.15, 0.2) is 5.82 Å². The van der Waals surface area contributed by atoms with Gasteiger partial charge in [-0.1, -0.05) is 41.6 Å². The van der Waals surface area contributed by atoms with Crippen LogP contribution >= 0.6 is 0 Å². The van der Waals surface area contributed by atoms with Crippen LogP contribution in [0, 0.1) is 5.92 Å². The van der Waals surface area contributed by atoms with Gasteiger partial charge in [-0.15, -0.1) is 5.12 Å². The van der Waals surface area contributed by atoms with Gasteiger partial charge in [-0.2, -0.15) is 0 Å². The third-order valence-corrected chi connectivity index (χ3v) is 7.90. The lowest BCUT2D eigenvalue weighted by atomic mass is 9.91. The molecular formula is C23H24N6O3S. The number of hydrogen-bond donors (Lipinski definition) is 2. The van der Waals surface area contributed by atoms with Crippen LogP contribution in [0.25, 0.3) is 16.8 Å². The number of oxime groups is 1. The van der Waals surface area contributed by atoms with Crippen LogP contribution in [0.2, 0.25) is 0 Å². The van der Waals surface area contributed by atoms with Gasteiger partial charge in [-0.05, 0) is 18.9 Å². The highest BCUT2D eigenvalue weighted by atomic mass is 32.2. The van der Waals surface area contributed by atoms with E-state index < -0.39 is 9.84 Å². The Bertz CT molecular complexity index is 1270. The van der Waals surface area contributed by atoms with Crippen molar-refractivity contribution < 1.29 is 13.6 Å². The van der Waals surface area contributed by atoms with E-state index in [1.807, 2.05) is 48.7 Å². The first kappa shape index (κ1) is 21.5. The van der Waals surface area contributed by atoms with Gasteiger partial charge in [0.25, 0.3) is 0 Å². The van der Waals surface area contributed by atoms with Gasteiger partial charge in [-0.3, -0.25) is 4.98 Å². The van der Waals surface area contributed by atoms with Gasteiger partial charge >= 0.3 is 0 Å². The highest BCUT2D eigenvalue weighted by Gasteiger charge is 2.35. The van der Waals surface area contributed by atoms with Crippen LogP contribution in [0.5, 0.6) is 0 Å². The molecule has 1 aromatic carbocycles. The van der Waals surface area contributed by atoms with Crippen LogP contribution in [-0.2, 0) is 9.84 Å². The summed E-state index contributed by atoms with van der Waals surface area (Å²) in [5.74, 6) is 7.14. The van der Waals surface area contributed by atoms with Crippen molar-refractivity contribution in [3.8, 4) is 11.3 Å². The lowest BCUT2D eigenvalue weighted by Crippen LogP contribution is -2.42. The molecule has 0 bridgehead atoms. The van der Waals surface area contributed by atoms with E-state index in [0.29, 0.717) is 30.8 Å². The minimum absolute atomic E-state index is 0.0425. The standard InChI is InChI=1S/C23H24N6O3S/c24-29-15-20(18-6-7-21(25-12-18)16-4-2-1-3-5-16)23-27-22(19(13-26-30)14-28(23)29)17-8-10-33(31,32)11-9-17/h1-7,12-14,17,30H,8-11,15,24H2. The molecule has 5 rings (SSSR count). The molecule has 170 valence electrons. The van der Waals surface area contributed by atoms with Crippen molar-refractivity contribution in [3.05, 3.63) is 71.8 Å². The Morgan fingerprint density at radius 2 is 1.85 bits per heavy atom. The van der Waals surface area contributed by atoms with Crippen LogP contribution in [0.15, 0.2) is 76.4 Å². The lowest BCUT2D eigenvalue weighted by molar-refractivity contribution is 0.0899. The first-order valence-electron chi connectivity index (χ1n) is 10.7. The maximum atomic E-state index is 11.9. The predicted molar refractivity (Wildman–Crippen MR) is 126 cm³/mol. The summed E-state index contributed by atoms with van der Waals surface area (Å²) < 4.78 is 23.8. The molecule has 0 radical (unpaired) electrons. The number of benzene rings is 1. The summed E-state index contributed by atoms with van der Waals surface area (Å²) in [5.41, 5.74) is 5.07. The van der Waals surface area contributed by atoms with E-state index in [1.54, 1.807) is 11.2 Å².